The van der Waals surface area contributed by atoms with E-state index in [-0.39, 0.29) is 30.3 Å². The van der Waals surface area contributed by atoms with Gasteiger partial charge in [-0.2, -0.15) is 0 Å². The molecule has 0 aliphatic heterocycles. The zero-order valence-electron chi connectivity index (χ0n) is 16.5. The van der Waals surface area contributed by atoms with Crippen LogP contribution in [-0.4, -0.2) is 44.9 Å². The van der Waals surface area contributed by atoms with Crippen molar-refractivity contribution in [1.29, 1.82) is 0 Å². The Balaban J connectivity index is 1.94. The number of nitrogens with zero attached hydrogens (tertiary/aromatic N) is 1. The molecule has 0 aliphatic rings. The number of carbonyl (C=O) groups is 1. The Labute approximate surface area is 168 Å². The van der Waals surface area contributed by atoms with Gasteiger partial charge < -0.3 is 23.7 Å². The highest BCUT2D eigenvalue weighted by Gasteiger charge is 2.25. The molecule has 29 heavy (non-hydrogen) atoms. The second-order valence-corrected chi connectivity index (χ2v) is 5.79. The Hall–Kier alpha value is -3.49. The molecule has 0 atom stereocenters. The van der Waals surface area contributed by atoms with E-state index in [1.165, 1.54) is 20.3 Å². The van der Waals surface area contributed by atoms with Gasteiger partial charge in [0.1, 0.15) is 30.3 Å². The molecule has 0 saturated carbocycles. The quantitative estimate of drug-likeness (QED) is 0.241. The number of rotatable bonds is 11. The van der Waals surface area contributed by atoms with Crippen LogP contribution in [0.25, 0.3) is 0 Å². The van der Waals surface area contributed by atoms with Crippen LogP contribution in [0.3, 0.4) is 0 Å². The number of ether oxygens (including phenoxy) is 5. The Morgan fingerprint density at radius 3 is 2.00 bits per heavy atom. The molecule has 0 unspecified atom stereocenters. The first-order chi connectivity index (χ1) is 14.0. The van der Waals surface area contributed by atoms with Crippen molar-refractivity contribution in [1.82, 2.24) is 0 Å². The number of hydrogen-bond acceptors (Lipinski definition) is 8. The Kier molecular flexibility index (Phi) is 8.08. The van der Waals surface area contributed by atoms with E-state index in [2.05, 4.69) is 0 Å². The van der Waals surface area contributed by atoms with Crippen LogP contribution >= 0.6 is 0 Å². The van der Waals surface area contributed by atoms with Gasteiger partial charge in [-0.15, -0.1) is 0 Å². The van der Waals surface area contributed by atoms with Crippen molar-refractivity contribution in [2.24, 2.45) is 0 Å². The van der Waals surface area contributed by atoms with Gasteiger partial charge in [-0.05, 0) is 30.7 Å². The Bertz CT molecular complexity index is 835. The van der Waals surface area contributed by atoms with E-state index in [0.29, 0.717) is 12.4 Å². The summed E-state index contributed by atoms with van der Waals surface area (Å²) in [7, 11) is 2.71. The molecule has 0 spiro atoms. The lowest BCUT2D eigenvalue weighted by Crippen LogP contribution is -2.14. The van der Waals surface area contributed by atoms with Crippen LogP contribution in [-0.2, 0) is 4.74 Å². The average Bonchev–Trinajstić information content (AvgIpc) is 2.74. The third-order valence-electron chi connectivity index (χ3n) is 3.80. The van der Waals surface area contributed by atoms with Gasteiger partial charge in [0.15, 0.2) is 11.5 Å². The zero-order valence-corrected chi connectivity index (χ0v) is 16.5. The first-order valence-corrected chi connectivity index (χ1v) is 8.93. The van der Waals surface area contributed by atoms with Gasteiger partial charge in [-0.1, -0.05) is 6.92 Å². The first-order valence-electron chi connectivity index (χ1n) is 8.93. The van der Waals surface area contributed by atoms with E-state index in [4.69, 9.17) is 23.7 Å². The predicted molar refractivity (Wildman–Crippen MR) is 104 cm³/mol. The van der Waals surface area contributed by atoms with Gasteiger partial charge in [0.25, 0.3) is 5.69 Å². The number of hydrogen-bond donors (Lipinski definition) is 0. The van der Waals surface area contributed by atoms with Crippen molar-refractivity contribution < 1.29 is 33.4 Å². The van der Waals surface area contributed by atoms with Crippen LogP contribution < -0.4 is 18.9 Å². The van der Waals surface area contributed by atoms with Crippen molar-refractivity contribution in [3.05, 3.63) is 52.1 Å². The predicted octanol–water partition coefficient (Wildman–Crippen LogP) is 3.64. The molecule has 2 aromatic carbocycles. The molecule has 2 aromatic rings. The van der Waals surface area contributed by atoms with Crippen LogP contribution in [0.15, 0.2) is 36.4 Å². The minimum Gasteiger partial charge on any atom is -0.494 e. The largest absolute Gasteiger partial charge is 0.494 e. The van der Waals surface area contributed by atoms with E-state index >= 15 is 0 Å². The number of benzene rings is 2. The van der Waals surface area contributed by atoms with Gasteiger partial charge in [-0.3, -0.25) is 10.1 Å². The van der Waals surface area contributed by atoms with Gasteiger partial charge in [0, 0.05) is 6.07 Å². The zero-order chi connectivity index (χ0) is 21.2. The summed E-state index contributed by atoms with van der Waals surface area (Å²) in [5.74, 6) is 0.801. The number of nitro benzene ring substituents is 1. The topological polar surface area (TPSA) is 106 Å². The number of esters is 1. The molecule has 9 nitrogen and oxygen atoms in total. The second kappa shape index (κ2) is 10.7. The molecule has 0 aliphatic carbocycles. The first kappa shape index (κ1) is 21.8. The molecule has 0 aromatic heterocycles. The molecule has 156 valence electrons. The number of methoxy groups -OCH3 is 2. The highest BCUT2D eigenvalue weighted by molar-refractivity contribution is 5.95. The molecule has 9 heteroatoms. The molecule has 0 fully saturated rings. The summed E-state index contributed by atoms with van der Waals surface area (Å²) < 4.78 is 26.2. The fourth-order valence-corrected chi connectivity index (χ4v) is 2.41. The van der Waals surface area contributed by atoms with Gasteiger partial charge >= 0.3 is 5.97 Å². The summed E-state index contributed by atoms with van der Waals surface area (Å²) in [4.78, 5) is 22.9. The van der Waals surface area contributed by atoms with Crippen molar-refractivity contribution in [3.8, 4) is 23.0 Å². The standard InChI is InChI=1S/C20H23NO8/c1-4-9-27-14-5-7-15(8-6-14)28-10-11-29-20(22)16-12-18(25-2)19(26-3)13-17(16)21(23)24/h5-8,12-13H,4,9-11H2,1-3H3. The van der Waals surface area contributed by atoms with Crippen LogP contribution in [0.2, 0.25) is 0 Å². The van der Waals surface area contributed by atoms with E-state index in [9.17, 15) is 14.9 Å². The summed E-state index contributed by atoms with van der Waals surface area (Å²) in [6.45, 7) is 2.66. The lowest BCUT2D eigenvalue weighted by molar-refractivity contribution is -0.385. The van der Waals surface area contributed by atoms with E-state index < -0.39 is 16.6 Å². The fourth-order valence-electron chi connectivity index (χ4n) is 2.41. The van der Waals surface area contributed by atoms with Crippen LogP contribution in [0.1, 0.15) is 23.7 Å². The van der Waals surface area contributed by atoms with Crippen molar-refractivity contribution in [3.63, 3.8) is 0 Å². The number of carbonyl (C=O) groups excluding carboxylic acids is 1. The molecular formula is C20H23NO8. The molecule has 0 N–H and O–H groups in total. The monoisotopic (exact) mass is 405 g/mol. The summed E-state index contributed by atoms with van der Waals surface area (Å²) in [5.41, 5.74) is -0.665. The average molecular weight is 405 g/mol. The third kappa shape index (κ3) is 6.00. The van der Waals surface area contributed by atoms with E-state index in [1.54, 1.807) is 24.3 Å². The normalized spacial score (nSPS) is 10.2. The molecule has 0 radical (unpaired) electrons. The molecule has 0 bridgehead atoms. The van der Waals surface area contributed by atoms with Crippen molar-refractivity contribution >= 4 is 11.7 Å². The number of nitro groups is 1. The Morgan fingerprint density at radius 1 is 0.931 bits per heavy atom. The highest BCUT2D eigenvalue weighted by Crippen LogP contribution is 2.34. The third-order valence-corrected chi connectivity index (χ3v) is 3.80. The van der Waals surface area contributed by atoms with Gasteiger partial charge in [0.2, 0.25) is 0 Å². The molecule has 0 heterocycles. The van der Waals surface area contributed by atoms with Crippen molar-refractivity contribution in [2.75, 3.05) is 34.0 Å². The summed E-state index contributed by atoms with van der Waals surface area (Å²) in [6, 6.07) is 9.38. The molecule has 0 amide bonds. The van der Waals surface area contributed by atoms with E-state index in [0.717, 1.165) is 18.2 Å². The maximum absolute atomic E-state index is 12.3. The smallest absolute Gasteiger partial charge is 0.345 e. The van der Waals surface area contributed by atoms with Gasteiger partial charge in [0.05, 0.1) is 31.8 Å². The highest BCUT2D eigenvalue weighted by atomic mass is 16.6. The minimum atomic E-state index is -0.857. The minimum absolute atomic E-state index is 0.0849. The van der Waals surface area contributed by atoms with Gasteiger partial charge in [-0.25, -0.2) is 4.79 Å². The Morgan fingerprint density at radius 2 is 1.48 bits per heavy atom. The maximum atomic E-state index is 12.3. The molecule has 0 saturated heterocycles. The van der Waals surface area contributed by atoms with Crippen LogP contribution in [0.4, 0.5) is 5.69 Å². The lowest BCUT2D eigenvalue weighted by Gasteiger charge is -2.11. The van der Waals surface area contributed by atoms with E-state index in [1.807, 2.05) is 6.92 Å². The summed E-state index contributed by atoms with van der Waals surface area (Å²) >= 11 is 0. The summed E-state index contributed by atoms with van der Waals surface area (Å²) in [5, 5.41) is 11.3. The fraction of sp³-hybridized carbons (Fsp3) is 0.350. The molecular weight excluding hydrogens is 382 g/mol. The van der Waals surface area contributed by atoms with Crippen LogP contribution in [0, 0.1) is 10.1 Å². The lowest BCUT2D eigenvalue weighted by atomic mass is 10.1. The summed E-state index contributed by atoms with van der Waals surface area (Å²) in [6.07, 6.45) is 0.919. The van der Waals surface area contributed by atoms with Crippen LogP contribution in [0.5, 0.6) is 23.0 Å². The SMILES string of the molecule is CCCOc1ccc(OCCOC(=O)c2cc(OC)c(OC)cc2[N+](=O)[O-])cc1. The van der Waals surface area contributed by atoms with Crippen molar-refractivity contribution in [2.45, 2.75) is 13.3 Å². The molecule has 2 rings (SSSR count). The second-order valence-electron chi connectivity index (χ2n) is 5.79. The maximum Gasteiger partial charge on any atom is 0.345 e.